The first-order valence-corrected chi connectivity index (χ1v) is 9.75. The minimum Gasteiger partial charge on any atom is -0.357 e. The minimum absolute atomic E-state index is 0. The number of aryl methyl sites for hydroxylation is 1. The predicted octanol–water partition coefficient (Wildman–Crippen LogP) is 4.12. The summed E-state index contributed by atoms with van der Waals surface area (Å²) in [5.74, 6) is 0.920. The molecule has 0 spiro atoms. The Hall–Kier alpha value is -1.22. The Morgan fingerprint density at radius 1 is 1.35 bits per heavy atom. The lowest BCUT2D eigenvalue weighted by Gasteiger charge is -2.11. The average Bonchev–Trinajstić information content (AvgIpc) is 3.21. The molecule has 2 unspecified atom stereocenters. The van der Waals surface area contributed by atoms with Crippen LogP contribution in [0, 0.1) is 5.82 Å². The highest BCUT2D eigenvalue weighted by molar-refractivity contribution is 14.0. The molecule has 1 aromatic carbocycles. The van der Waals surface area contributed by atoms with Gasteiger partial charge in [0, 0.05) is 42.5 Å². The summed E-state index contributed by atoms with van der Waals surface area (Å²) < 4.78 is 13.9. The van der Waals surface area contributed by atoms with Crippen LogP contribution in [0.4, 0.5) is 4.39 Å². The van der Waals surface area contributed by atoms with E-state index >= 15 is 0 Å². The molecule has 2 aromatic rings. The Morgan fingerprint density at radius 3 is 2.85 bits per heavy atom. The second-order valence-electron chi connectivity index (χ2n) is 6.20. The highest BCUT2D eigenvalue weighted by Gasteiger charge is 2.40. The van der Waals surface area contributed by atoms with E-state index in [1.807, 2.05) is 25.3 Å². The van der Waals surface area contributed by atoms with E-state index in [4.69, 9.17) is 0 Å². The first-order chi connectivity index (χ1) is 12.2. The fourth-order valence-electron chi connectivity index (χ4n) is 2.86. The largest absolute Gasteiger partial charge is 0.357 e. The van der Waals surface area contributed by atoms with Crippen molar-refractivity contribution in [2.24, 2.45) is 4.99 Å². The molecule has 1 aliphatic carbocycles. The van der Waals surface area contributed by atoms with E-state index in [0.717, 1.165) is 42.3 Å². The molecule has 142 valence electrons. The highest BCUT2D eigenvalue weighted by atomic mass is 127. The van der Waals surface area contributed by atoms with Crippen molar-refractivity contribution in [2.75, 3.05) is 13.1 Å². The van der Waals surface area contributed by atoms with Crippen molar-refractivity contribution in [3.63, 3.8) is 0 Å². The summed E-state index contributed by atoms with van der Waals surface area (Å²) >= 11 is 1.76. The number of benzene rings is 1. The van der Waals surface area contributed by atoms with Crippen LogP contribution in [0.25, 0.3) is 0 Å². The Balaban J connectivity index is 0.00000243. The molecule has 1 saturated carbocycles. The molecule has 1 aromatic heterocycles. The molecule has 1 heterocycles. The van der Waals surface area contributed by atoms with Crippen molar-refractivity contribution in [3.05, 3.63) is 51.7 Å². The molecule has 0 radical (unpaired) electrons. The van der Waals surface area contributed by atoms with E-state index in [-0.39, 0.29) is 41.8 Å². The van der Waals surface area contributed by atoms with Crippen LogP contribution < -0.4 is 10.6 Å². The number of aromatic nitrogens is 1. The van der Waals surface area contributed by atoms with Gasteiger partial charge in [0.25, 0.3) is 0 Å². The summed E-state index contributed by atoms with van der Waals surface area (Å²) in [5, 5.41) is 7.83. The summed E-state index contributed by atoms with van der Waals surface area (Å²) in [4.78, 5) is 10.4. The monoisotopic (exact) mass is 488 g/mol. The predicted molar refractivity (Wildman–Crippen MR) is 117 cm³/mol. The number of halogens is 2. The molecule has 0 amide bonds. The first kappa shape index (κ1) is 21.1. The molecule has 2 N–H and O–H groups in total. The normalized spacial score (nSPS) is 19.0. The van der Waals surface area contributed by atoms with Gasteiger partial charge < -0.3 is 10.6 Å². The average molecular weight is 488 g/mol. The van der Waals surface area contributed by atoms with Gasteiger partial charge in [0.2, 0.25) is 0 Å². The molecule has 0 aliphatic heterocycles. The van der Waals surface area contributed by atoms with Crippen LogP contribution in [0.3, 0.4) is 0 Å². The molecular formula is C19H26FIN4S. The molecule has 0 saturated heterocycles. The van der Waals surface area contributed by atoms with Crippen LogP contribution >= 0.6 is 35.3 Å². The Bertz CT molecular complexity index is 734. The fraction of sp³-hybridized carbons (Fsp3) is 0.474. The van der Waals surface area contributed by atoms with E-state index in [2.05, 4.69) is 27.5 Å². The maximum absolute atomic E-state index is 13.9. The van der Waals surface area contributed by atoms with Crippen LogP contribution in [-0.4, -0.2) is 30.1 Å². The number of rotatable bonds is 7. The van der Waals surface area contributed by atoms with E-state index in [1.165, 1.54) is 10.9 Å². The van der Waals surface area contributed by atoms with Gasteiger partial charge in [-0.15, -0.1) is 35.3 Å². The molecule has 26 heavy (non-hydrogen) atoms. The van der Waals surface area contributed by atoms with Crippen molar-refractivity contribution in [1.82, 2.24) is 15.6 Å². The molecule has 1 aliphatic rings. The number of hydrogen-bond acceptors (Lipinski definition) is 3. The van der Waals surface area contributed by atoms with E-state index in [1.54, 1.807) is 17.4 Å². The van der Waals surface area contributed by atoms with Gasteiger partial charge >= 0.3 is 0 Å². The van der Waals surface area contributed by atoms with Crippen LogP contribution in [0.5, 0.6) is 0 Å². The highest BCUT2D eigenvalue weighted by Crippen LogP contribution is 2.41. The molecule has 0 bridgehead atoms. The van der Waals surface area contributed by atoms with Gasteiger partial charge in [-0.25, -0.2) is 9.37 Å². The van der Waals surface area contributed by atoms with Gasteiger partial charge in [0.1, 0.15) is 5.82 Å². The van der Waals surface area contributed by atoms with Crippen molar-refractivity contribution >= 4 is 41.3 Å². The number of nitrogens with one attached hydrogen (secondary N) is 2. The van der Waals surface area contributed by atoms with E-state index in [9.17, 15) is 4.39 Å². The third-order valence-corrected chi connectivity index (χ3v) is 5.51. The second kappa shape index (κ2) is 10.2. The molecular weight excluding hydrogens is 462 g/mol. The Kier molecular flexibility index (Phi) is 8.27. The summed E-state index contributed by atoms with van der Waals surface area (Å²) in [5.41, 5.74) is 0.797. The van der Waals surface area contributed by atoms with Gasteiger partial charge in [-0.2, -0.15) is 0 Å². The smallest absolute Gasteiger partial charge is 0.191 e. The number of nitrogens with zero attached hydrogens (tertiary/aromatic N) is 2. The molecule has 7 heteroatoms. The Morgan fingerprint density at radius 2 is 2.15 bits per heavy atom. The maximum atomic E-state index is 13.9. The molecule has 4 nitrogen and oxygen atoms in total. The third-order valence-electron chi connectivity index (χ3n) is 4.31. The summed E-state index contributed by atoms with van der Waals surface area (Å²) in [7, 11) is 0. The lowest BCUT2D eigenvalue weighted by molar-refractivity contribution is 0.607. The van der Waals surface area contributed by atoms with Crippen LogP contribution in [0.2, 0.25) is 0 Å². The van der Waals surface area contributed by atoms with Gasteiger partial charge in [-0.3, -0.25) is 4.99 Å². The lowest BCUT2D eigenvalue weighted by Crippen LogP contribution is -2.39. The standard InChI is InChI=1S/C19H25FN4S.HI/c1-3-13-12-23-18(25-13)9-10-22-19(21-4-2)24-17-11-15(17)14-7-5-6-8-16(14)20;/h5-8,12,15,17H,3-4,9-11H2,1-2H3,(H2,21,22,24);1H. The zero-order valence-electron chi connectivity index (χ0n) is 15.2. The molecule has 3 rings (SSSR count). The summed E-state index contributed by atoms with van der Waals surface area (Å²) in [6.45, 7) is 5.69. The van der Waals surface area contributed by atoms with E-state index < -0.39 is 0 Å². The SMILES string of the molecule is CCNC(=NCCc1ncc(CC)s1)NC1CC1c1ccccc1F.I. The van der Waals surface area contributed by atoms with Crippen molar-refractivity contribution in [3.8, 4) is 0 Å². The minimum atomic E-state index is -0.116. The van der Waals surface area contributed by atoms with Gasteiger partial charge in [-0.05, 0) is 31.4 Å². The quantitative estimate of drug-likeness (QED) is 0.351. The number of hydrogen-bond donors (Lipinski definition) is 2. The zero-order chi connectivity index (χ0) is 17.6. The van der Waals surface area contributed by atoms with Gasteiger partial charge in [0.05, 0.1) is 5.01 Å². The summed E-state index contributed by atoms with van der Waals surface area (Å²) in [6, 6.07) is 7.28. The first-order valence-electron chi connectivity index (χ1n) is 8.94. The Labute approximate surface area is 175 Å². The third kappa shape index (κ3) is 5.64. The summed E-state index contributed by atoms with van der Waals surface area (Å²) in [6.07, 6.45) is 4.78. The maximum Gasteiger partial charge on any atom is 0.191 e. The van der Waals surface area contributed by atoms with Gasteiger partial charge in [-0.1, -0.05) is 25.1 Å². The number of thiazole rings is 1. The van der Waals surface area contributed by atoms with Gasteiger partial charge in [0.15, 0.2) is 5.96 Å². The van der Waals surface area contributed by atoms with Crippen molar-refractivity contribution < 1.29 is 4.39 Å². The zero-order valence-corrected chi connectivity index (χ0v) is 18.3. The van der Waals surface area contributed by atoms with E-state index in [0.29, 0.717) is 6.54 Å². The van der Waals surface area contributed by atoms with Crippen molar-refractivity contribution in [2.45, 2.75) is 45.1 Å². The van der Waals surface area contributed by atoms with Crippen molar-refractivity contribution in [1.29, 1.82) is 0 Å². The number of guanidine groups is 1. The molecule has 2 atom stereocenters. The second-order valence-corrected chi connectivity index (χ2v) is 7.40. The fourth-order valence-corrected chi connectivity index (χ4v) is 3.71. The van der Waals surface area contributed by atoms with Crippen LogP contribution in [0.15, 0.2) is 35.5 Å². The van der Waals surface area contributed by atoms with Crippen LogP contribution in [-0.2, 0) is 12.8 Å². The lowest BCUT2D eigenvalue weighted by atomic mass is 10.1. The van der Waals surface area contributed by atoms with Crippen LogP contribution in [0.1, 0.15) is 41.6 Å². The topological polar surface area (TPSA) is 49.3 Å². The number of aliphatic imine (C=N–C) groups is 1. The molecule has 1 fully saturated rings.